The van der Waals surface area contributed by atoms with E-state index in [9.17, 15) is 0 Å². The van der Waals surface area contributed by atoms with E-state index in [4.69, 9.17) is 5.73 Å². The Balaban J connectivity index is 2.51. The lowest BCUT2D eigenvalue weighted by atomic mass is 10.2. The summed E-state index contributed by atoms with van der Waals surface area (Å²) in [5.74, 6) is 0.419. The summed E-state index contributed by atoms with van der Waals surface area (Å²) in [6, 6.07) is 5.95. The largest absolute Gasteiger partial charge is 0.381 e. The number of aryl methyl sites for hydroxylation is 1. The molecule has 0 amide bonds. The number of nitrogen functional groups attached to an aromatic ring is 1. The number of aromatic nitrogens is 3. The van der Waals surface area contributed by atoms with Crippen molar-refractivity contribution in [2.24, 2.45) is 0 Å². The molecule has 4 nitrogen and oxygen atoms in total. The lowest BCUT2D eigenvalue weighted by Crippen LogP contribution is -1.99. The van der Waals surface area contributed by atoms with Crippen LogP contribution in [0.3, 0.4) is 0 Å². The van der Waals surface area contributed by atoms with Crippen LogP contribution in [-0.4, -0.2) is 15.0 Å². The molecule has 2 aromatic rings. The molecule has 0 unspecified atom stereocenters. The zero-order valence-electron chi connectivity index (χ0n) is 7.61. The Kier molecular flexibility index (Phi) is 2.25. The predicted octanol–water partition coefficient (Wildman–Crippen LogP) is 1.92. The van der Waals surface area contributed by atoms with Crippen LogP contribution in [0.25, 0.3) is 5.69 Å². The molecule has 0 atom stereocenters. The van der Waals surface area contributed by atoms with Gasteiger partial charge >= 0.3 is 0 Å². The van der Waals surface area contributed by atoms with E-state index >= 15 is 0 Å². The molecule has 72 valence electrons. The number of anilines is 1. The van der Waals surface area contributed by atoms with Crippen LogP contribution in [0.15, 0.2) is 28.9 Å². The number of benzene rings is 1. The van der Waals surface area contributed by atoms with E-state index in [1.54, 1.807) is 0 Å². The van der Waals surface area contributed by atoms with E-state index in [0.29, 0.717) is 5.82 Å². The van der Waals surface area contributed by atoms with E-state index < -0.39 is 0 Å². The van der Waals surface area contributed by atoms with Crippen molar-refractivity contribution in [1.29, 1.82) is 0 Å². The summed E-state index contributed by atoms with van der Waals surface area (Å²) in [5, 5.41) is 8.05. The fourth-order valence-corrected chi connectivity index (χ4v) is 1.83. The lowest BCUT2D eigenvalue weighted by Gasteiger charge is -2.01. The second kappa shape index (κ2) is 3.42. The molecule has 14 heavy (non-hydrogen) atoms. The highest BCUT2D eigenvalue weighted by Crippen LogP contribution is 2.17. The van der Waals surface area contributed by atoms with Crippen LogP contribution in [0.5, 0.6) is 0 Å². The van der Waals surface area contributed by atoms with Gasteiger partial charge in [0, 0.05) is 4.47 Å². The van der Waals surface area contributed by atoms with Crippen LogP contribution in [0.1, 0.15) is 5.56 Å². The van der Waals surface area contributed by atoms with Gasteiger partial charge in [0.1, 0.15) is 0 Å². The van der Waals surface area contributed by atoms with Gasteiger partial charge in [-0.1, -0.05) is 15.9 Å². The minimum absolute atomic E-state index is 0.419. The number of rotatable bonds is 1. The van der Waals surface area contributed by atoms with E-state index in [-0.39, 0.29) is 0 Å². The van der Waals surface area contributed by atoms with Crippen LogP contribution in [0.2, 0.25) is 0 Å². The molecule has 0 aliphatic heterocycles. The van der Waals surface area contributed by atoms with Crippen molar-refractivity contribution in [1.82, 2.24) is 15.0 Å². The summed E-state index contributed by atoms with van der Waals surface area (Å²) < 4.78 is 1.00. The van der Waals surface area contributed by atoms with Gasteiger partial charge in [0.25, 0.3) is 0 Å². The Hall–Kier alpha value is -1.36. The first-order chi connectivity index (χ1) is 6.65. The van der Waals surface area contributed by atoms with Crippen molar-refractivity contribution in [2.75, 3.05) is 5.73 Å². The molecule has 0 aliphatic carbocycles. The molecule has 1 heterocycles. The van der Waals surface area contributed by atoms with Crippen LogP contribution in [0.4, 0.5) is 5.82 Å². The number of nitrogens with two attached hydrogens (primary N) is 1. The Bertz CT molecular complexity index is 443. The Morgan fingerprint density at radius 2 is 2.14 bits per heavy atom. The molecule has 2 rings (SSSR count). The van der Waals surface area contributed by atoms with Gasteiger partial charge in [-0.15, -0.1) is 9.90 Å². The number of hydrogen-bond acceptors (Lipinski definition) is 3. The first-order valence-corrected chi connectivity index (χ1v) is 4.90. The van der Waals surface area contributed by atoms with Crippen molar-refractivity contribution in [3.8, 4) is 5.69 Å². The van der Waals surface area contributed by atoms with E-state index in [1.807, 2.05) is 25.1 Å². The van der Waals surface area contributed by atoms with Crippen LogP contribution >= 0.6 is 15.9 Å². The van der Waals surface area contributed by atoms with Gasteiger partial charge in [-0.3, -0.25) is 0 Å². The van der Waals surface area contributed by atoms with Gasteiger partial charge in [-0.05, 0) is 30.7 Å². The second-order valence-corrected chi connectivity index (χ2v) is 3.96. The Labute approximate surface area is 89.9 Å². The minimum Gasteiger partial charge on any atom is -0.381 e. The third-order valence-electron chi connectivity index (χ3n) is 1.77. The smallest absolute Gasteiger partial charge is 0.166 e. The number of nitrogens with zero attached hydrogens (tertiary/aromatic N) is 3. The number of halogens is 1. The fraction of sp³-hybridized carbons (Fsp3) is 0.111. The molecule has 0 saturated heterocycles. The Morgan fingerprint density at radius 3 is 2.71 bits per heavy atom. The highest BCUT2D eigenvalue weighted by Gasteiger charge is 2.01. The molecular formula is C9H9BrN4. The third kappa shape index (κ3) is 1.77. The fourth-order valence-electron chi connectivity index (χ4n) is 1.23. The summed E-state index contributed by atoms with van der Waals surface area (Å²) >= 11 is 3.42. The molecule has 0 radical (unpaired) electrons. The quantitative estimate of drug-likeness (QED) is 0.844. The zero-order chi connectivity index (χ0) is 10.1. The molecule has 0 saturated carbocycles. The summed E-state index contributed by atoms with van der Waals surface area (Å²) in [5.41, 5.74) is 7.53. The van der Waals surface area contributed by atoms with Crippen molar-refractivity contribution in [3.63, 3.8) is 0 Å². The first kappa shape index (κ1) is 9.21. The normalized spacial score (nSPS) is 10.4. The molecule has 1 aromatic carbocycles. The van der Waals surface area contributed by atoms with E-state index in [2.05, 4.69) is 26.1 Å². The Morgan fingerprint density at radius 1 is 1.36 bits per heavy atom. The van der Waals surface area contributed by atoms with Gasteiger partial charge in [-0.2, -0.15) is 5.10 Å². The predicted molar refractivity (Wildman–Crippen MR) is 58.2 cm³/mol. The maximum absolute atomic E-state index is 5.49. The van der Waals surface area contributed by atoms with Gasteiger partial charge in [0.15, 0.2) is 5.82 Å². The molecule has 2 N–H and O–H groups in total. The maximum atomic E-state index is 5.49. The average Bonchev–Trinajstić information content (AvgIpc) is 2.50. The van der Waals surface area contributed by atoms with Crippen LogP contribution in [-0.2, 0) is 0 Å². The summed E-state index contributed by atoms with van der Waals surface area (Å²) in [4.78, 5) is 1.51. The topological polar surface area (TPSA) is 56.7 Å². The van der Waals surface area contributed by atoms with Gasteiger partial charge in [0.05, 0.1) is 11.9 Å². The van der Waals surface area contributed by atoms with Crippen LogP contribution in [0, 0.1) is 6.92 Å². The highest BCUT2D eigenvalue weighted by atomic mass is 79.9. The molecular weight excluding hydrogens is 244 g/mol. The van der Waals surface area contributed by atoms with Crippen LogP contribution < -0.4 is 5.73 Å². The van der Waals surface area contributed by atoms with E-state index in [0.717, 1.165) is 15.7 Å². The lowest BCUT2D eigenvalue weighted by molar-refractivity contribution is 0.753. The monoisotopic (exact) mass is 252 g/mol. The summed E-state index contributed by atoms with van der Waals surface area (Å²) in [7, 11) is 0. The van der Waals surface area contributed by atoms with Crippen molar-refractivity contribution in [3.05, 3.63) is 34.4 Å². The molecule has 1 aromatic heterocycles. The van der Waals surface area contributed by atoms with Gasteiger partial charge in [-0.25, -0.2) is 0 Å². The summed E-state index contributed by atoms with van der Waals surface area (Å²) in [6.45, 7) is 2.01. The molecule has 0 aliphatic rings. The minimum atomic E-state index is 0.419. The van der Waals surface area contributed by atoms with E-state index in [1.165, 1.54) is 11.0 Å². The zero-order valence-corrected chi connectivity index (χ0v) is 9.19. The van der Waals surface area contributed by atoms with Gasteiger partial charge in [0.2, 0.25) is 0 Å². The average molecular weight is 253 g/mol. The standard InChI is InChI=1S/C9H9BrN4/c1-6-2-7(10)4-8(3-6)14-12-5-9(11)13-14/h2-5H,1H3,(H2,11,13). The molecule has 0 fully saturated rings. The second-order valence-electron chi connectivity index (χ2n) is 3.05. The maximum Gasteiger partial charge on any atom is 0.166 e. The summed E-state index contributed by atoms with van der Waals surface area (Å²) in [6.07, 6.45) is 1.52. The number of hydrogen-bond donors (Lipinski definition) is 1. The van der Waals surface area contributed by atoms with Gasteiger partial charge < -0.3 is 5.73 Å². The molecule has 0 bridgehead atoms. The van der Waals surface area contributed by atoms with Crippen molar-refractivity contribution >= 4 is 21.7 Å². The third-order valence-corrected chi connectivity index (χ3v) is 2.23. The highest BCUT2D eigenvalue weighted by molar-refractivity contribution is 9.10. The van der Waals surface area contributed by atoms with Crippen molar-refractivity contribution < 1.29 is 0 Å². The van der Waals surface area contributed by atoms with Crippen molar-refractivity contribution in [2.45, 2.75) is 6.92 Å². The SMILES string of the molecule is Cc1cc(Br)cc(-n2ncc(N)n2)c1. The molecule has 5 heteroatoms. The molecule has 0 spiro atoms. The first-order valence-electron chi connectivity index (χ1n) is 4.10.